The maximum atomic E-state index is 13.1. The highest BCUT2D eigenvalue weighted by molar-refractivity contribution is 5.78. The van der Waals surface area contributed by atoms with Crippen LogP contribution in [0.1, 0.15) is 48.8 Å². The minimum Gasteiger partial charge on any atom is -0.507 e. The molecule has 0 saturated carbocycles. The molecule has 4 heterocycles. The Morgan fingerprint density at radius 3 is 2.55 bits per heavy atom. The topological polar surface area (TPSA) is 93.0 Å². The number of fused-ring (bicyclic) bond motifs is 1. The van der Waals surface area contributed by atoms with Crippen LogP contribution in [-0.2, 0) is 17.4 Å². The molecule has 2 N–H and O–H groups in total. The fraction of sp³-hybridized carbons (Fsp3) is 0.593. The molecule has 1 atom stereocenters. The van der Waals surface area contributed by atoms with Crippen LogP contribution in [0.15, 0.2) is 18.2 Å². The van der Waals surface area contributed by atoms with Gasteiger partial charge in [0.05, 0.1) is 23.9 Å². The van der Waals surface area contributed by atoms with E-state index < -0.39 is 17.5 Å². The number of anilines is 1. The van der Waals surface area contributed by atoms with Crippen molar-refractivity contribution in [3.8, 4) is 17.0 Å². The Kier molecular flexibility index (Phi) is 7.50. The molecule has 2 saturated heterocycles. The smallest absolute Gasteiger partial charge is 0.416 e. The number of likely N-dealkylation sites (tertiary alicyclic amines) is 2. The molecule has 1 amide bonds. The third-order valence-electron chi connectivity index (χ3n) is 8.10. The summed E-state index contributed by atoms with van der Waals surface area (Å²) in [5, 5.41) is 29.0. The van der Waals surface area contributed by atoms with Crippen LogP contribution in [0, 0.1) is 6.92 Å². The van der Waals surface area contributed by atoms with E-state index in [-0.39, 0.29) is 23.6 Å². The SMILES string of the molecule is Cc1c(-c2ccc(C(F)(F)F)cc2O)nnc2c1CCCN2[C@@H]1CCCN(CC(=O)N2CCC(O)CC2)C1. The second-order valence-corrected chi connectivity index (χ2v) is 10.6. The van der Waals surface area contributed by atoms with Crippen molar-refractivity contribution in [2.45, 2.75) is 63.8 Å². The lowest BCUT2D eigenvalue weighted by Gasteiger charge is -2.42. The molecule has 0 bridgehead atoms. The number of phenolic OH excluding ortho intramolecular Hbond substituents is 1. The summed E-state index contributed by atoms with van der Waals surface area (Å²) in [7, 11) is 0. The number of amides is 1. The number of carbonyl (C=O) groups excluding carboxylic acids is 1. The molecule has 3 aliphatic rings. The van der Waals surface area contributed by atoms with Gasteiger partial charge in [0.1, 0.15) is 5.75 Å². The van der Waals surface area contributed by atoms with Gasteiger partial charge in [0, 0.05) is 43.3 Å². The number of halogens is 3. The van der Waals surface area contributed by atoms with Crippen LogP contribution in [-0.4, -0.2) is 87.5 Å². The zero-order valence-electron chi connectivity index (χ0n) is 21.5. The molecule has 38 heavy (non-hydrogen) atoms. The Labute approximate surface area is 220 Å². The number of hydrogen-bond donors (Lipinski definition) is 2. The van der Waals surface area contributed by atoms with Gasteiger partial charge < -0.3 is 20.0 Å². The van der Waals surface area contributed by atoms with Crippen molar-refractivity contribution in [2.75, 3.05) is 44.2 Å². The van der Waals surface area contributed by atoms with Crippen molar-refractivity contribution in [2.24, 2.45) is 0 Å². The summed E-state index contributed by atoms with van der Waals surface area (Å²) in [4.78, 5) is 19.2. The van der Waals surface area contributed by atoms with Gasteiger partial charge in [0.2, 0.25) is 5.91 Å². The van der Waals surface area contributed by atoms with Gasteiger partial charge in [0.25, 0.3) is 0 Å². The molecule has 1 aromatic carbocycles. The van der Waals surface area contributed by atoms with E-state index in [0.29, 0.717) is 38.2 Å². The fourth-order valence-electron chi connectivity index (χ4n) is 5.96. The highest BCUT2D eigenvalue weighted by atomic mass is 19.4. The molecule has 5 rings (SSSR count). The third-order valence-corrected chi connectivity index (χ3v) is 8.10. The standard InChI is InChI=1S/C27H34F3N5O3/c1-17-21-5-3-11-35(19-4-2-10-33(15-19)16-24(38)34-12-8-20(36)9-13-34)26(21)32-31-25(17)22-7-6-18(14-23(22)37)27(28,29)30/h6-7,14,19-20,36-37H,2-5,8-13,15-16H2,1H3/t19-/m1/s1. The van der Waals surface area contributed by atoms with E-state index in [1.165, 1.54) is 6.07 Å². The first-order chi connectivity index (χ1) is 18.1. The molecule has 3 aliphatic heterocycles. The molecule has 1 aromatic heterocycles. The number of aliphatic hydroxyl groups excluding tert-OH is 1. The predicted octanol–water partition coefficient (Wildman–Crippen LogP) is 3.38. The first-order valence-electron chi connectivity index (χ1n) is 13.3. The number of phenols is 1. The number of alkyl halides is 3. The largest absolute Gasteiger partial charge is 0.507 e. The van der Waals surface area contributed by atoms with Crippen molar-refractivity contribution in [3.05, 3.63) is 34.9 Å². The zero-order valence-corrected chi connectivity index (χ0v) is 21.5. The van der Waals surface area contributed by atoms with Crippen molar-refractivity contribution < 1.29 is 28.2 Å². The van der Waals surface area contributed by atoms with E-state index in [0.717, 1.165) is 74.4 Å². The second kappa shape index (κ2) is 10.7. The van der Waals surface area contributed by atoms with Crippen molar-refractivity contribution in [3.63, 3.8) is 0 Å². The van der Waals surface area contributed by atoms with E-state index in [1.807, 2.05) is 11.8 Å². The maximum absolute atomic E-state index is 13.1. The van der Waals surface area contributed by atoms with Gasteiger partial charge in [-0.05, 0) is 75.8 Å². The molecule has 206 valence electrons. The number of aliphatic hydroxyl groups is 1. The van der Waals surface area contributed by atoms with Crippen LogP contribution in [0.25, 0.3) is 11.3 Å². The molecule has 11 heteroatoms. The fourth-order valence-corrected chi connectivity index (χ4v) is 5.96. The average molecular weight is 534 g/mol. The lowest BCUT2D eigenvalue weighted by atomic mass is 9.94. The number of aromatic nitrogens is 2. The van der Waals surface area contributed by atoms with Crippen LogP contribution in [0.5, 0.6) is 5.75 Å². The summed E-state index contributed by atoms with van der Waals surface area (Å²) in [6.07, 6.45) is 0.0230. The quantitative estimate of drug-likeness (QED) is 0.623. The lowest BCUT2D eigenvalue weighted by Crippen LogP contribution is -2.53. The molecule has 0 spiro atoms. The lowest BCUT2D eigenvalue weighted by molar-refractivity contribution is -0.137. The summed E-state index contributed by atoms with van der Waals surface area (Å²) >= 11 is 0. The van der Waals surface area contributed by atoms with Crippen LogP contribution in [0.3, 0.4) is 0 Å². The number of rotatable bonds is 4. The second-order valence-electron chi connectivity index (χ2n) is 10.6. The molecule has 2 aromatic rings. The van der Waals surface area contributed by atoms with Crippen molar-refractivity contribution in [1.29, 1.82) is 0 Å². The molecule has 0 radical (unpaired) electrons. The van der Waals surface area contributed by atoms with Crippen LogP contribution in [0.2, 0.25) is 0 Å². The van der Waals surface area contributed by atoms with Crippen LogP contribution >= 0.6 is 0 Å². The Morgan fingerprint density at radius 1 is 1.08 bits per heavy atom. The predicted molar refractivity (Wildman–Crippen MR) is 136 cm³/mol. The van der Waals surface area contributed by atoms with Gasteiger partial charge >= 0.3 is 6.18 Å². The summed E-state index contributed by atoms with van der Waals surface area (Å²) in [5.74, 6) is 0.418. The van der Waals surface area contributed by atoms with E-state index in [2.05, 4.69) is 20.0 Å². The van der Waals surface area contributed by atoms with Gasteiger partial charge in [-0.2, -0.15) is 13.2 Å². The minimum atomic E-state index is -4.54. The molecular weight excluding hydrogens is 499 g/mol. The normalized spacial score (nSPS) is 21.4. The highest BCUT2D eigenvalue weighted by Crippen LogP contribution is 2.39. The van der Waals surface area contributed by atoms with E-state index in [9.17, 15) is 28.2 Å². The Bertz CT molecular complexity index is 1180. The minimum absolute atomic E-state index is 0.105. The zero-order chi connectivity index (χ0) is 27.0. The molecule has 0 unspecified atom stereocenters. The number of benzene rings is 1. The number of aromatic hydroxyl groups is 1. The van der Waals surface area contributed by atoms with Gasteiger partial charge in [-0.3, -0.25) is 9.69 Å². The molecular formula is C27H34F3N5O3. The number of nitrogens with zero attached hydrogens (tertiary/aromatic N) is 5. The Balaban J connectivity index is 1.32. The summed E-state index contributed by atoms with van der Waals surface area (Å²) in [5.41, 5.74) is 1.52. The van der Waals surface area contributed by atoms with Crippen molar-refractivity contribution in [1.82, 2.24) is 20.0 Å². The van der Waals surface area contributed by atoms with E-state index >= 15 is 0 Å². The summed E-state index contributed by atoms with van der Waals surface area (Å²) in [6, 6.07) is 3.11. The molecule has 0 aliphatic carbocycles. The van der Waals surface area contributed by atoms with Gasteiger partial charge in [0.15, 0.2) is 5.82 Å². The first-order valence-corrected chi connectivity index (χ1v) is 13.3. The number of hydrogen-bond acceptors (Lipinski definition) is 7. The Morgan fingerprint density at radius 2 is 1.84 bits per heavy atom. The number of piperidine rings is 2. The summed E-state index contributed by atoms with van der Waals surface area (Å²) < 4.78 is 39.2. The maximum Gasteiger partial charge on any atom is 0.416 e. The van der Waals surface area contributed by atoms with Crippen molar-refractivity contribution >= 4 is 11.7 Å². The highest BCUT2D eigenvalue weighted by Gasteiger charge is 2.34. The van der Waals surface area contributed by atoms with Crippen LogP contribution in [0.4, 0.5) is 19.0 Å². The number of carbonyl (C=O) groups is 1. The molecule has 8 nitrogen and oxygen atoms in total. The van der Waals surface area contributed by atoms with E-state index in [4.69, 9.17) is 0 Å². The van der Waals surface area contributed by atoms with Gasteiger partial charge in [-0.25, -0.2) is 0 Å². The third kappa shape index (κ3) is 5.44. The summed E-state index contributed by atoms with van der Waals surface area (Å²) in [6.45, 7) is 5.86. The van der Waals surface area contributed by atoms with Gasteiger partial charge in [-0.1, -0.05) is 0 Å². The van der Waals surface area contributed by atoms with E-state index in [1.54, 1.807) is 0 Å². The van der Waals surface area contributed by atoms with Gasteiger partial charge in [-0.15, -0.1) is 10.2 Å². The Hall–Kier alpha value is -2.92. The van der Waals surface area contributed by atoms with Crippen LogP contribution < -0.4 is 4.90 Å². The average Bonchev–Trinajstić information content (AvgIpc) is 2.89. The first kappa shape index (κ1) is 26.7. The monoisotopic (exact) mass is 533 g/mol. The molecule has 2 fully saturated rings.